The highest BCUT2D eigenvalue weighted by Crippen LogP contribution is 2.27. The molecule has 0 fully saturated rings. The van der Waals surface area contributed by atoms with Crippen LogP contribution < -0.4 is 4.74 Å². The van der Waals surface area contributed by atoms with E-state index in [0.717, 1.165) is 5.56 Å². The standard InChI is InChI=1S/C12H10ClFN2OS/c1-7-3-4-8(14)5-9(7)17-11-6-10(13)15-12(16-11)18-2/h3-6H,1-2H3. The number of halogens is 2. The fourth-order valence-corrected chi connectivity index (χ4v) is 1.91. The van der Waals surface area contributed by atoms with Crippen molar-refractivity contribution in [2.24, 2.45) is 0 Å². The van der Waals surface area contributed by atoms with E-state index in [1.165, 1.54) is 30.0 Å². The molecule has 3 nitrogen and oxygen atoms in total. The third kappa shape index (κ3) is 3.11. The summed E-state index contributed by atoms with van der Waals surface area (Å²) in [6.45, 7) is 1.83. The highest BCUT2D eigenvalue weighted by molar-refractivity contribution is 7.98. The average molecular weight is 285 g/mol. The molecule has 0 unspecified atom stereocenters. The molecule has 1 aromatic carbocycles. The zero-order valence-corrected chi connectivity index (χ0v) is 11.3. The van der Waals surface area contributed by atoms with E-state index in [2.05, 4.69) is 9.97 Å². The molecule has 2 rings (SSSR count). The molecule has 0 spiro atoms. The Balaban J connectivity index is 2.33. The van der Waals surface area contributed by atoms with E-state index in [9.17, 15) is 4.39 Å². The number of rotatable bonds is 3. The second kappa shape index (κ2) is 5.54. The van der Waals surface area contributed by atoms with Gasteiger partial charge in [-0.1, -0.05) is 29.4 Å². The number of ether oxygens (including phenoxy) is 1. The fraction of sp³-hybridized carbons (Fsp3) is 0.167. The van der Waals surface area contributed by atoms with E-state index >= 15 is 0 Å². The minimum atomic E-state index is -0.360. The van der Waals surface area contributed by atoms with Crippen LogP contribution in [0.25, 0.3) is 0 Å². The Bertz CT molecular complexity index is 580. The van der Waals surface area contributed by atoms with Gasteiger partial charge in [-0.05, 0) is 24.8 Å². The Morgan fingerprint density at radius 3 is 2.78 bits per heavy atom. The quantitative estimate of drug-likeness (QED) is 0.483. The molecule has 94 valence electrons. The maximum absolute atomic E-state index is 13.1. The Morgan fingerprint density at radius 2 is 2.06 bits per heavy atom. The predicted molar refractivity (Wildman–Crippen MR) is 70.0 cm³/mol. The Kier molecular flexibility index (Phi) is 4.04. The van der Waals surface area contributed by atoms with E-state index in [1.807, 2.05) is 13.2 Å². The van der Waals surface area contributed by atoms with Gasteiger partial charge in [0.2, 0.25) is 5.88 Å². The number of nitrogens with zero attached hydrogens (tertiary/aromatic N) is 2. The van der Waals surface area contributed by atoms with Gasteiger partial charge in [-0.3, -0.25) is 0 Å². The van der Waals surface area contributed by atoms with Crippen molar-refractivity contribution >= 4 is 23.4 Å². The lowest BCUT2D eigenvalue weighted by Gasteiger charge is -2.08. The monoisotopic (exact) mass is 284 g/mol. The molecule has 0 N–H and O–H groups in total. The Labute approximate surface area is 113 Å². The molecule has 0 bridgehead atoms. The van der Waals surface area contributed by atoms with E-state index < -0.39 is 0 Å². The highest BCUT2D eigenvalue weighted by atomic mass is 35.5. The zero-order valence-electron chi connectivity index (χ0n) is 9.78. The summed E-state index contributed by atoms with van der Waals surface area (Å²) in [5, 5.41) is 0.796. The summed E-state index contributed by atoms with van der Waals surface area (Å²) >= 11 is 7.20. The van der Waals surface area contributed by atoms with Crippen molar-refractivity contribution in [2.45, 2.75) is 12.1 Å². The highest BCUT2D eigenvalue weighted by Gasteiger charge is 2.07. The van der Waals surface area contributed by atoms with Crippen molar-refractivity contribution in [3.05, 3.63) is 40.8 Å². The van der Waals surface area contributed by atoms with E-state index in [1.54, 1.807) is 6.07 Å². The van der Waals surface area contributed by atoms with Gasteiger partial charge < -0.3 is 4.74 Å². The summed E-state index contributed by atoms with van der Waals surface area (Å²) in [6, 6.07) is 5.82. The summed E-state index contributed by atoms with van der Waals surface area (Å²) < 4.78 is 18.7. The number of thioether (sulfide) groups is 1. The van der Waals surface area contributed by atoms with Crippen LogP contribution in [-0.4, -0.2) is 16.2 Å². The van der Waals surface area contributed by atoms with Crippen molar-refractivity contribution in [1.29, 1.82) is 0 Å². The maximum Gasteiger partial charge on any atom is 0.224 e. The van der Waals surface area contributed by atoms with Crippen LogP contribution in [0.5, 0.6) is 11.6 Å². The van der Waals surface area contributed by atoms with E-state index in [0.29, 0.717) is 21.9 Å². The first-order chi connectivity index (χ1) is 8.58. The number of aryl methyl sites for hydroxylation is 1. The Hall–Kier alpha value is -1.33. The van der Waals surface area contributed by atoms with Crippen LogP contribution >= 0.6 is 23.4 Å². The van der Waals surface area contributed by atoms with Crippen LogP contribution in [0.3, 0.4) is 0 Å². The van der Waals surface area contributed by atoms with Crippen molar-refractivity contribution < 1.29 is 9.13 Å². The van der Waals surface area contributed by atoms with Gasteiger partial charge in [-0.15, -0.1) is 0 Å². The first-order valence-corrected chi connectivity index (χ1v) is 6.71. The largest absolute Gasteiger partial charge is 0.438 e. The summed E-state index contributed by atoms with van der Waals surface area (Å²) in [6.07, 6.45) is 1.84. The van der Waals surface area contributed by atoms with Crippen LogP contribution in [0, 0.1) is 12.7 Å². The van der Waals surface area contributed by atoms with Crippen LogP contribution in [0.4, 0.5) is 4.39 Å². The topological polar surface area (TPSA) is 35.0 Å². The van der Waals surface area contributed by atoms with Crippen molar-refractivity contribution in [3.8, 4) is 11.6 Å². The molecule has 0 aliphatic heterocycles. The number of hydrogen-bond acceptors (Lipinski definition) is 4. The molecule has 0 saturated heterocycles. The first kappa shape index (κ1) is 13.1. The van der Waals surface area contributed by atoms with Crippen LogP contribution in [-0.2, 0) is 0 Å². The minimum absolute atomic E-state index is 0.290. The summed E-state index contributed by atoms with van der Waals surface area (Å²) in [5.74, 6) is 0.353. The van der Waals surface area contributed by atoms with Crippen molar-refractivity contribution in [3.63, 3.8) is 0 Å². The normalized spacial score (nSPS) is 10.4. The van der Waals surface area contributed by atoms with Crippen LogP contribution in [0.1, 0.15) is 5.56 Å². The van der Waals surface area contributed by atoms with Crippen molar-refractivity contribution in [2.75, 3.05) is 6.26 Å². The molecule has 6 heteroatoms. The van der Waals surface area contributed by atoms with Crippen molar-refractivity contribution in [1.82, 2.24) is 9.97 Å². The van der Waals surface area contributed by atoms with Gasteiger partial charge in [0.05, 0.1) is 0 Å². The average Bonchev–Trinajstić information content (AvgIpc) is 2.33. The summed E-state index contributed by atoms with van der Waals surface area (Å²) in [4.78, 5) is 8.14. The molecule has 0 atom stereocenters. The third-order valence-corrected chi connectivity index (χ3v) is 2.94. The lowest BCUT2D eigenvalue weighted by atomic mass is 10.2. The number of aromatic nitrogens is 2. The van der Waals surface area contributed by atoms with Crippen LogP contribution in [0.15, 0.2) is 29.4 Å². The molecular formula is C12H10ClFN2OS. The first-order valence-electron chi connectivity index (χ1n) is 5.11. The van der Waals surface area contributed by atoms with Gasteiger partial charge in [-0.2, -0.15) is 4.98 Å². The second-order valence-corrected chi connectivity index (χ2v) is 4.69. The van der Waals surface area contributed by atoms with Gasteiger partial charge in [0.15, 0.2) is 5.16 Å². The van der Waals surface area contributed by atoms with Crippen LogP contribution in [0.2, 0.25) is 5.15 Å². The molecule has 1 aromatic heterocycles. The SMILES string of the molecule is CSc1nc(Cl)cc(Oc2cc(F)ccc2C)n1. The maximum atomic E-state index is 13.1. The Morgan fingerprint density at radius 1 is 1.28 bits per heavy atom. The lowest BCUT2D eigenvalue weighted by molar-refractivity contribution is 0.448. The molecule has 0 amide bonds. The molecule has 18 heavy (non-hydrogen) atoms. The van der Waals surface area contributed by atoms with E-state index in [-0.39, 0.29) is 5.82 Å². The minimum Gasteiger partial charge on any atom is -0.438 e. The molecule has 0 saturated carbocycles. The number of hydrogen-bond donors (Lipinski definition) is 0. The number of benzene rings is 1. The van der Waals surface area contributed by atoms with Gasteiger partial charge in [0, 0.05) is 12.1 Å². The predicted octanol–water partition coefficient (Wildman–Crippen LogP) is 4.09. The smallest absolute Gasteiger partial charge is 0.224 e. The molecule has 2 aromatic rings. The fourth-order valence-electron chi connectivity index (χ4n) is 1.32. The van der Waals surface area contributed by atoms with Gasteiger partial charge in [0.25, 0.3) is 0 Å². The van der Waals surface area contributed by atoms with Gasteiger partial charge in [-0.25, -0.2) is 9.37 Å². The summed E-state index contributed by atoms with van der Waals surface area (Å²) in [7, 11) is 0. The summed E-state index contributed by atoms with van der Waals surface area (Å²) in [5.41, 5.74) is 0.817. The lowest BCUT2D eigenvalue weighted by Crippen LogP contribution is -1.94. The second-order valence-electron chi connectivity index (χ2n) is 3.53. The molecule has 1 heterocycles. The zero-order chi connectivity index (χ0) is 13.1. The molecule has 0 aliphatic carbocycles. The molecule has 0 radical (unpaired) electrons. The third-order valence-electron chi connectivity index (χ3n) is 2.20. The van der Waals surface area contributed by atoms with Gasteiger partial charge in [0.1, 0.15) is 16.7 Å². The molecular weight excluding hydrogens is 275 g/mol. The molecule has 0 aliphatic rings. The van der Waals surface area contributed by atoms with E-state index in [4.69, 9.17) is 16.3 Å². The van der Waals surface area contributed by atoms with Gasteiger partial charge >= 0.3 is 0 Å².